The number of carbonyl (C=O) groups is 2. The fourth-order valence-electron chi connectivity index (χ4n) is 11.8. The number of allylic oxidation sites excluding steroid dienone is 1. The van der Waals surface area contributed by atoms with Crippen LogP contribution in [0.4, 0.5) is 29.3 Å². The fraction of sp³-hybridized carbons (Fsp3) is 0.491. The number of ether oxygens (including phenoxy) is 3. The highest BCUT2D eigenvalue weighted by Gasteiger charge is 2.50. The number of rotatable bonds is 17. The van der Waals surface area contributed by atoms with Crippen LogP contribution in [-0.4, -0.2) is 173 Å². The number of aromatic nitrogens is 2. The maximum absolute atomic E-state index is 14.2. The standard InChI is InChI=1S/C57H69ClF3N9O9S2/c1-55(2,3)79-54(72)70-36-43-29-44(70)35-69(43)37-56(4)16-14-47(38-6-8-41(58)9-7-38)40(32-56)34-67-20-22-68(23-21-67)42-10-12-48(50(30-42)78-45-28-39-15-18-63-52(39)64-33-45)53(71)65-81(75,76)46-11-13-49(51(31-46)80(73,74)57(59,60)61)62-17-5-19-66-24-26-77-27-25-66/h6-13,15,18,28,30-31,33,43-44,62H,5,14,16-17,19-27,29,32,34-37H2,1-4H3,(H,63,64)(H,65,71)/t43?,44?,56-/m1/s1. The smallest absolute Gasteiger partial charge is 0.455 e. The molecule has 2 bridgehead atoms. The van der Waals surface area contributed by atoms with Crippen molar-refractivity contribution in [1.29, 1.82) is 0 Å². The van der Waals surface area contributed by atoms with Crippen LogP contribution in [0.3, 0.4) is 0 Å². The van der Waals surface area contributed by atoms with E-state index in [1.165, 1.54) is 23.4 Å². The van der Waals surface area contributed by atoms with E-state index in [2.05, 4.69) is 53.9 Å². The van der Waals surface area contributed by atoms with Crippen LogP contribution in [0.5, 0.6) is 11.5 Å². The molecule has 24 heteroatoms. The number of alkyl halides is 3. The molecule has 1 aliphatic carbocycles. The van der Waals surface area contributed by atoms with Gasteiger partial charge in [0, 0.05) is 112 Å². The molecule has 0 saturated carbocycles. The second-order valence-corrected chi connectivity index (χ2v) is 27.1. The number of carbonyl (C=O) groups excluding carboxylic acids is 2. The number of H-pyrrole nitrogens is 1. The molecule has 10 rings (SSSR count). The zero-order chi connectivity index (χ0) is 57.5. The van der Waals surface area contributed by atoms with Crippen LogP contribution in [0.1, 0.15) is 75.7 Å². The van der Waals surface area contributed by atoms with Crippen molar-refractivity contribution in [2.45, 2.75) is 92.8 Å². The number of anilines is 2. The van der Waals surface area contributed by atoms with Crippen LogP contribution in [0.25, 0.3) is 16.6 Å². The van der Waals surface area contributed by atoms with Crippen molar-refractivity contribution in [3.05, 3.63) is 107 Å². The number of piperazine rings is 2. The third-order valence-electron chi connectivity index (χ3n) is 15.9. The predicted molar refractivity (Wildman–Crippen MR) is 303 cm³/mol. The number of fused-ring (bicyclic) bond motifs is 3. The van der Waals surface area contributed by atoms with E-state index in [1.54, 1.807) is 30.5 Å². The summed E-state index contributed by atoms with van der Waals surface area (Å²) in [6.45, 7) is 17.0. The van der Waals surface area contributed by atoms with Crippen LogP contribution < -0.4 is 19.7 Å². The van der Waals surface area contributed by atoms with Crippen LogP contribution in [0, 0.1) is 5.41 Å². The normalized spacial score (nSPS) is 21.7. The average molecular weight is 1180 g/mol. The number of sulfone groups is 1. The summed E-state index contributed by atoms with van der Waals surface area (Å²) >= 11 is 6.37. The van der Waals surface area contributed by atoms with E-state index in [9.17, 15) is 39.6 Å². The van der Waals surface area contributed by atoms with E-state index in [0.717, 1.165) is 63.0 Å². The minimum atomic E-state index is -6.06. The Hall–Kier alpha value is -5.95. The quantitative estimate of drug-likeness (QED) is 0.0745. The second kappa shape index (κ2) is 23.4. The van der Waals surface area contributed by atoms with Crippen molar-refractivity contribution in [3.63, 3.8) is 0 Å². The van der Waals surface area contributed by atoms with E-state index in [0.29, 0.717) is 99.8 Å². The molecular weight excluding hydrogens is 1110 g/mol. The predicted octanol–water partition coefficient (Wildman–Crippen LogP) is 9.01. The van der Waals surface area contributed by atoms with Crippen molar-refractivity contribution in [1.82, 2.24) is 34.3 Å². The summed E-state index contributed by atoms with van der Waals surface area (Å²) in [5.41, 5.74) is -1.82. The number of morpholine rings is 1. The number of hydrogen-bond acceptors (Lipinski definition) is 15. The Balaban J connectivity index is 0.847. The Kier molecular flexibility index (Phi) is 16.8. The molecule has 2 aromatic heterocycles. The Morgan fingerprint density at radius 2 is 1.65 bits per heavy atom. The van der Waals surface area contributed by atoms with Gasteiger partial charge < -0.3 is 34.3 Å². The summed E-state index contributed by atoms with van der Waals surface area (Å²) in [6, 6.07) is 19.0. The van der Waals surface area contributed by atoms with Crippen LogP contribution in [0.15, 0.2) is 101 Å². The van der Waals surface area contributed by atoms with Gasteiger partial charge in [0.05, 0.1) is 35.6 Å². The molecule has 5 aromatic rings. The Labute approximate surface area is 475 Å². The molecule has 81 heavy (non-hydrogen) atoms. The number of benzene rings is 3. The molecule has 3 N–H and O–H groups in total. The molecule has 4 aliphatic heterocycles. The van der Waals surface area contributed by atoms with E-state index >= 15 is 0 Å². The SMILES string of the molecule is CC(C)(C)OC(=O)N1CC2CC1CN2C[C@]1(C)CCC(c2ccc(Cl)cc2)=C(CN2CCN(c3ccc(C(=O)NS(=O)(=O)c4ccc(NCCCN5CCOCC5)c(S(=O)(=O)C(F)(F)F)c4)c(Oc4cnc5[nH]ccc5c4)c3)CC2)C1. The van der Waals surface area contributed by atoms with E-state index in [-0.39, 0.29) is 47.2 Å². The highest BCUT2D eigenvalue weighted by Crippen LogP contribution is 2.46. The zero-order valence-corrected chi connectivity index (χ0v) is 48.2. The summed E-state index contributed by atoms with van der Waals surface area (Å²) < 4.78 is 115. The van der Waals surface area contributed by atoms with Crippen LogP contribution in [-0.2, 0) is 29.3 Å². The molecule has 0 radical (unpaired) electrons. The second-order valence-electron chi connectivity index (χ2n) is 23.1. The third-order valence-corrected chi connectivity index (χ3v) is 19.0. The summed E-state index contributed by atoms with van der Waals surface area (Å²) in [6.07, 6.45) is 7.14. The molecule has 2 unspecified atom stereocenters. The molecule has 4 saturated heterocycles. The number of hydrogen-bond donors (Lipinski definition) is 3. The summed E-state index contributed by atoms with van der Waals surface area (Å²) in [4.78, 5) is 43.7. The fourth-order valence-corrected chi connectivity index (χ4v) is 14.0. The first-order valence-electron chi connectivity index (χ1n) is 27.4. The minimum Gasteiger partial charge on any atom is -0.455 e. The largest absolute Gasteiger partial charge is 0.501 e. The van der Waals surface area contributed by atoms with Crippen molar-refractivity contribution in [2.24, 2.45) is 5.41 Å². The summed E-state index contributed by atoms with van der Waals surface area (Å²) in [7, 11) is -11.1. The lowest BCUT2D eigenvalue weighted by Gasteiger charge is -2.44. The van der Waals surface area contributed by atoms with Gasteiger partial charge in [0.25, 0.3) is 25.8 Å². The molecule has 3 atom stereocenters. The Morgan fingerprint density at radius 1 is 0.901 bits per heavy atom. The number of pyridine rings is 1. The maximum Gasteiger partial charge on any atom is 0.501 e. The number of amides is 2. The number of sulfonamides is 1. The highest BCUT2D eigenvalue weighted by atomic mass is 35.5. The van der Waals surface area contributed by atoms with Gasteiger partial charge in [0.1, 0.15) is 27.6 Å². The molecular formula is C57H69ClF3N9O9S2. The Bertz CT molecular complexity index is 3400. The molecule has 18 nitrogen and oxygen atoms in total. The monoisotopic (exact) mass is 1180 g/mol. The topological polar surface area (TPSA) is 199 Å². The van der Waals surface area contributed by atoms with E-state index in [1.807, 2.05) is 42.5 Å². The number of halogens is 4. The number of aromatic amines is 1. The number of likely N-dealkylation sites (tertiary alicyclic amines) is 2. The molecule has 4 fully saturated rings. The molecule has 2 amide bonds. The molecule has 3 aromatic carbocycles. The number of nitrogens with one attached hydrogen (secondary N) is 3. The molecule has 0 spiro atoms. The van der Waals surface area contributed by atoms with Crippen molar-refractivity contribution >= 4 is 71.4 Å². The molecule has 6 heterocycles. The van der Waals surface area contributed by atoms with Crippen LogP contribution in [0.2, 0.25) is 5.02 Å². The van der Waals surface area contributed by atoms with Crippen molar-refractivity contribution in [3.8, 4) is 11.5 Å². The average Bonchev–Trinajstić information content (AvgIpc) is 4.25. The van der Waals surface area contributed by atoms with Gasteiger partial charge in [-0.05, 0) is 131 Å². The lowest BCUT2D eigenvalue weighted by atomic mass is 9.71. The van der Waals surface area contributed by atoms with Crippen molar-refractivity contribution in [2.75, 3.05) is 102 Å². The van der Waals surface area contributed by atoms with E-state index < -0.39 is 52.4 Å². The van der Waals surface area contributed by atoms with Gasteiger partial charge in [-0.2, -0.15) is 13.2 Å². The highest BCUT2D eigenvalue weighted by molar-refractivity contribution is 7.92. The maximum atomic E-state index is 14.2. The van der Waals surface area contributed by atoms with Gasteiger partial charge in [-0.1, -0.05) is 36.2 Å². The van der Waals surface area contributed by atoms with Crippen LogP contribution >= 0.6 is 11.6 Å². The zero-order valence-electron chi connectivity index (χ0n) is 45.9. The number of nitrogens with zero attached hydrogens (tertiary/aromatic N) is 6. The lowest BCUT2D eigenvalue weighted by Crippen LogP contribution is -2.52. The first-order chi connectivity index (χ1) is 38.4. The van der Waals surface area contributed by atoms with Gasteiger partial charge in [-0.3, -0.25) is 19.5 Å². The van der Waals surface area contributed by atoms with Gasteiger partial charge in [-0.15, -0.1) is 0 Å². The van der Waals surface area contributed by atoms with Crippen molar-refractivity contribution < 1.29 is 53.8 Å². The van der Waals surface area contributed by atoms with E-state index in [4.69, 9.17) is 25.8 Å². The lowest BCUT2D eigenvalue weighted by molar-refractivity contribution is -0.0436. The van der Waals surface area contributed by atoms with Gasteiger partial charge in [0.15, 0.2) is 0 Å². The summed E-state index contributed by atoms with van der Waals surface area (Å²) in [5, 5.41) is 4.11. The molecule has 436 valence electrons. The Morgan fingerprint density at radius 3 is 2.36 bits per heavy atom. The summed E-state index contributed by atoms with van der Waals surface area (Å²) in [5.74, 6) is -0.966. The first kappa shape index (κ1) is 58.3. The molecule has 5 aliphatic rings. The van der Waals surface area contributed by atoms with Gasteiger partial charge in [0.2, 0.25) is 0 Å². The third kappa shape index (κ3) is 13.5. The van der Waals surface area contributed by atoms with Gasteiger partial charge >= 0.3 is 11.6 Å². The van der Waals surface area contributed by atoms with Gasteiger partial charge in [-0.25, -0.2) is 31.3 Å². The minimum absolute atomic E-state index is 0.00125. The first-order valence-corrected chi connectivity index (χ1v) is 30.7.